The van der Waals surface area contributed by atoms with Crippen LogP contribution in [0.3, 0.4) is 0 Å². The average molecular weight is 244 g/mol. The predicted molar refractivity (Wildman–Crippen MR) is 65.7 cm³/mol. The van der Waals surface area contributed by atoms with Crippen LogP contribution in [0.4, 0.5) is 0 Å². The van der Waals surface area contributed by atoms with E-state index in [1.54, 1.807) is 6.08 Å². The predicted octanol–water partition coefficient (Wildman–Crippen LogP) is 2.03. The molecule has 4 heteroatoms. The van der Waals surface area contributed by atoms with Gasteiger partial charge in [-0.2, -0.15) is 0 Å². The van der Waals surface area contributed by atoms with E-state index in [2.05, 4.69) is 0 Å². The fraction of sp³-hybridized carbons (Fsp3) is 0.143. The smallest absolute Gasteiger partial charge is 0.346 e. The monoisotopic (exact) mass is 244 g/mol. The minimum Gasteiger partial charge on any atom is -0.507 e. The molecule has 18 heavy (non-hydrogen) atoms. The second kappa shape index (κ2) is 4.87. The first-order chi connectivity index (χ1) is 8.59. The fourth-order valence-electron chi connectivity index (χ4n) is 1.63. The van der Waals surface area contributed by atoms with Gasteiger partial charge in [-0.25, -0.2) is 4.79 Å². The minimum atomic E-state index is -0.820. The number of ether oxygens (including phenoxy) is 1. The topological polar surface area (TPSA) is 63.6 Å². The number of hydrogen-bond acceptors (Lipinski definition) is 4. The highest BCUT2D eigenvalue weighted by atomic mass is 16.6. The molecule has 1 aliphatic heterocycles. The van der Waals surface area contributed by atoms with E-state index in [1.165, 1.54) is 13.0 Å². The highest BCUT2D eigenvalue weighted by Gasteiger charge is 2.37. The van der Waals surface area contributed by atoms with Crippen molar-refractivity contribution in [2.45, 2.75) is 13.0 Å². The van der Waals surface area contributed by atoms with Crippen molar-refractivity contribution in [1.29, 1.82) is 0 Å². The summed E-state index contributed by atoms with van der Waals surface area (Å²) in [4.78, 5) is 22.9. The molecule has 0 saturated carbocycles. The number of benzene rings is 1. The molecule has 0 aliphatic carbocycles. The lowest BCUT2D eigenvalue weighted by Gasteiger charge is -1.95. The van der Waals surface area contributed by atoms with Crippen molar-refractivity contribution in [3.8, 4) is 0 Å². The van der Waals surface area contributed by atoms with Crippen LogP contribution in [0.5, 0.6) is 0 Å². The number of Topliss-reactive ketones (excluding diaryl/α,β-unsaturated/α-hetero) is 1. The maximum atomic E-state index is 11.6. The summed E-state index contributed by atoms with van der Waals surface area (Å²) in [6, 6.07) is 9.24. The number of aliphatic hydroxyl groups is 1. The summed E-state index contributed by atoms with van der Waals surface area (Å²) >= 11 is 0. The Labute approximate surface area is 104 Å². The van der Waals surface area contributed by atoms with Crippen LogP contribution < -0.4 is 0 Å². The Hall–Kier alpha value is -2.36. The molecule has 0 spiro atoms. The maximum absolute atomic E-state index is 11.6. The van der Waals surface area contributed by atoms with Crippen LogP contribution in [0, 0.1) is 0 Å². The first-order valence-corrected chi connectivity index (χ1v) is 5.51. The van der Waals surface area contributed by atoms with Crippen molar-refractivity contribution in [2.75, 3.05) is 0 Å². The van der Waals surface area contributed by atoms with Gasteiger partial charge in [-0.15, -0.1) is 0 Å². The van der Waals surface area contributed by atoms with Crippen molar-refractivity contribution < 1.29 is 19.4 Å². The lowest BCUT2D eigenvalue weighted by molar-refractivity contribution is -0.139. The molecule has 1 heterocycles. The third-order valence-electron chi connectivity index (χ3n) is 2.59. The van der Waals surface area contributed by atoms with Crippen LogP contribution in [0.15, 0.2) is 47.7 Å². The highest BCUT2D eigenvalue weighted by Crippen LogP contribution is 2.19. The third-order valence-corrected chi connectivity index (χ3v) is 2.59. The molecule has 1 N–H and O–H groups in total. The van der Waals surface area contributed by atoms with Gasteiger partial charge in [0, 0.05) is 0 Å². The molecule has 1 unspecified atom stereocenters. The summed E-state index contributed by atoms with van der Waals surface area (Å²) < 4.78 is 4.72. The van der Waals surface area contributed by atoms with Gasteiger partial charge in [-0.05, 0) is 18.6 Å². The van der Waals surface area contributed by atoms with Gasteiger partial charge in [0.05, 0.1) is 0 Å². The van der Waals surface area contributed by atoms with Gasteiger partial charge in [-0.1, -0.05) is 36.4 Å². The molecular formula is C14H12O4. The minimum absolute atomic E-state index is 0.283. The molecule has 0 bridgehead atoms. The zero-order chi connectivity index (χ0) is 13.1. The molecule has 1 saturated heterocycles. The van der Waals surface area contributed by atoms with Crippen molar-refractivity contribution in [3.05, 3.63) is 53.3 Å². The number of carbonyl (C=O) groups excluding carboxylic acids is 2. The van der Waals surface area contributed by atoms with Gasteiger partial charge < -0.3 is 9.84 Å². The second-order valence-electron chi connectivity index (χ2n) is 3.92. The number of allylic oxidation sites excluding steroid dienone is 1. The van der Waals surface area contributed by atoms with Gasteiger partial charge in [0.15, 0.2) is 6.10 Å². The molecule has 0 radical (unpaired) electrons. The molecule has 1 aromatic carbocycles. The highest BCUT2D eigenvalue weighted by molar-refractivity contribution is 6.23. The van der Waals surface area contributed by atoms with Crippen LogP contribution in [-0.2, 0) is 14.3 Å². The lowest BCUT2D eigenvalue weighted by atomic mass is 10.1. The molecule has 2 rings (SSSR count). The summed E-state index contributed by atoms with van der Waals surface area (Å²) in [6.07, 6.45) is 2.12. The maximum Gasteiger partial charge on any atom is 0.346 e. The van der Waals surface area contributed by atoms with Gasteiger partial charge >= 0.3 is 5.97 Å². The molecule has 0 amide bonds. The SMILES string of the molecule is CC1OC(=O)/C(=C(O)\C=C\c2ccccc2)C1=O. The van der Waals surface area contributed by atoms with E-state index in [1.807, 2.05) is 30.3 Å². The number of carbonyl (C=O) groups is 2. The van der Waals surface area contributed by atoms with E-state index < -0.39 is 17.9 Å². The van der Waals surface area contributed by atoms with Crippen LogP contribution in [0.2, 0.25) is 0 Å². The number of aliphatic hydroxyl groups excluding tert-OH is 1. The molecular weight excluding hydrogens is 232 g/mol. The van der Waals surface area contributed by atoms with Crippen molar-refractivity contribution >= 4 is 17.8 Å². The van der Waals surface area contributed by atoms with Gasteiger partial charge in [0.25, 0.3) is 0 Å². The van der Waals surface area contributed by atoms with E-state index in [4.69, 9.17) is 4.74 Å². The first-order valence-electron chi connectivity index (χ1n) is 5.51. The average Bonchev–Trinajstić information content (AvgIpc) is 2.62. The summed E-state index contributed by atoms with van der Waals surface area (Å²) in [7, 11) is 0. The molecule has 1 fully saturated rings. The molecule has 1 atom stereocenters. The van der Waals surface area contributed by atoms with Crippen LogP contribution in [0.25, 0.3) is 6.08 Å². The quantitative estimate of drug-likeness (QED) is 0.374. The van der Waals surface area contributed by atoms with Gasteiger partial charge in [0.2, 0.25) is 5.78 Å². The van der Waals surface area contributed by atoms with Gasteiger partial charge in [0.1, 0.15) is 11.3 Å². The number of rotatable bonds is 2. The summed E-state index contributed by atoms with van der Waals surface area (Å²) in [5.74, 6) is -1.63. The molecule has 92 valence electrons. The largest absolute Gasteiger partial charge is 0.507 e. The van der Waals surface area contributed by atoms with E-state index in [0.29, 0.717) is 0 Å². The molecule has 1 aromatic rings. The van der Waals surface area contributed by atoms with Crippen molar-refractivity contribution in [2.24, 2.45) is 0 Å². The van der Waals surface area contributed by atoms with E-state index >= 15 is 0 Å². The number of hydrogen-bond donors (Lipinski definition) is 1. The molecule has 1 aliphatic rings. The summed E-state index contributed by atoms with van der Waals surface area (Å²) in [6.45, 7) is 1.47. The Morgan fingerprint density at radius 3 is 2.50 bits per heavy atom. The van der Waals surface area contributed by atoms with Crippen LogP contribution >= 0.6 is 0 Å². The fourth-order valence-corrected chi connectivity index (χ4v) is 1.63. The van der Waals surface area contributed by atoms with E-state index in [0.717, 1.165) is 5.56 Å². The number of esters is 1. The lowest BCUT2D eigenvalue weighted by Crippen LogP contribution is -2.11. The number of ketones is 1. The zero-order valence-electron chi connectivity index (χ0n) is 9.79. The molecule has 4 nitrogen and oxygen atoms in total. The van der Waals surface area contributed by atoms with Crippen molar-refractivity contribution in [3.63, 3.8) is 0 Å². The summed E-state index contributed by atoms with van der Waals surface area (Å²) in [5, 5.41) is 9.74. The van der Waals surface area contributed by atoms with E-state index in [-0.39, 0.29) is 11.3 Å². The Morgan fingerprint density at radius 2 is 1.94 bits per heavy atom. The Morgan fingerprint density at radius 1 is 1.28 bits per heavy atom. The molecule has 0 aromatic heterocycles. The first kappa shape index (κ1) is 12.1. The normalized spacial score (nSPS) is 22.4. The van der Waals surface area contributed by atoms with E-state index in [9.17, 15) is 14.7 Å². The Bertz CT molecular complexity index is 540. The number of cyclic esters (lactones) is 1. The van der Waals surface area contributed by atoms with Gasteiger partial charge in [-0.3, -0.25) is 4.79 Å². The zero-order valence-corrected chi connectivity index (χ0v) is 9.79. The summed E-state index contributed by atoms with van der Waals surface area (Å²) in [5.41, 5.74) is 0.575. The van der Waals surface area contributed by atoms with Crippen molar-refractivity contribution in [1.82, 2.24) is 0 Å². The Kier molecular flexibility index (Phi) is 3.28. The Balaban J connectivity index is 2.27. The standard InChI is InChI=1S/C14H12O4/c1-9-13(16)12(14(17)18-9)11(15)8-7-10-5-3-2-4-6-10/h2-9,15H,1H3/b8-7+,12-11+. The van der Waals surface area contributed by atoms with Crippen LogP contribution in [-0.4, -0.2) is 23.0 Å². The van der Waals surface area contributed by atoms with Crippen LogP contribution in [0.1, 0.15) is 12.5 Å². The third kappa shape index (κ3) is 2.32. The second-order valence-corrected chi connectivity index (χ2v) is 3.92.